The van der Waals surface area contributed by atoms with Gasteiger partial charge < -0.3 is 10.1 Å². The fourth-order valence-electron chi connectivity index (χ4n) is 1.88. The van der Waals surface area contributed by atoms with Gasteiger partial charge in [0, 0.05) is 23.1 Å². The predicted molar refractivity (Wildman–Crippen MR) is 86.8 cm³/mol. The lowest BCUT2D eigenvalue weighted by molar-refractivity contribution is 0.302. The first kappa shape index (κ1) is 15.7. The Morgan fingerprint density at radius 1 is 1.19 bits per heavy atom. The van der Waals surface area contributed by atoms with E-state index in [2.05, 4.69) is 27.8 Å². The highest BCUT2D eigenvalue weighted by atomic mass is 79.9. The van der Waals surface area contributed by atoms with E-state index in [1.165, 1.54) is 12.1 Å². The first-order chi connectivity index (χ1) is 10.2. The summed E-state index contributed by atoms with van der Waals surface area (Å²) in [6, 6.07) is 12.2. The molecule has 0 aliphatic carbocycles. The Bertz CT molecular complexity index is 598. The zero-order chi connectivity index (χ0) is 15.1. The second kappa shape index (κ2) is 7.96. The topological polar surface area (TPSA) is 21.3 Å². The van der Waals surface area contributed by atoms with Crippen LogP contribution in [0, 0.1) is 5.82 Å². The molecule has 0 aliphatic heterocycles. The molecule has 2 aromatic carbocycles. The normalized spacial score (nSPS) is 10.4. The van der Waals surface area contributed by atoms with E-state index in [1.807, 2.05) is 24.3 Å². The summed E-state index contributed by atoms with van der Waals surface area (Å²) in [5, 5.41) is 3.26. The molecule has 0 amide bonds. The summed E-state index contributed by atoms with van der Waals surface area (Å²) >= 11 is 3.46. The number of nitrogens with one attached hydrogen (secondary N) is 1. The molecule has 0 radical (unpaired) electrons. The van der Waals surface area contributed by atoms with Crippen molar-refractivity contribution in [3.05, 3.63) is 76.5 Å². The molecule has 0 aliphatic rings. The molecule has 0 saturated carbocycles. The van der Waals surface area contributed by atoms with Gasteiger partial charge in [0.15, 0.2) is 0 Å². The van der Waals surface area contributed by atoms with Crippen molar-refractivity contribution in [2.45, 2.75) is 13.2 Å². The van der Waals surface area contributed by atoms with Crippen molar-refractivity contribution in [1.29, 1.82) is 0 Å². The highest BCUT2D eigenvalue weighted by Crippen LogP contribution is 2.24. The Morgan fingerprint density at radius 2 is 1.95 bits per heavy atom. The van der Waals surface area contributed by atoms with Crippen molar-refractivity contribution < 1.29 is 9.13 Å². The number of hydrogen-bond donors (Lipinski definition) is 1. The van der Waals surface area contributed by atoms with E-state index in [0.29, 0.717) is 13.2 Å². The van der Waals surface area contributed by atoms with Crippen LogP contribution in [-0.4, -0.2) is 6.54 Å². The molecule has 2 rings (SSSR count). The van der Waals surface area contributed by atoms with E-state index in [0.717, 1.165) is 27.9 Å². The van der Waals surface area contributed by atoms with Crippen molar-refractivity contribution in [2.75, 3.05) is 6.54 Å². The van der Waals surface area contributed by atoms with E-state index < -0.39 is 0 Å². The third kappa shape index (κ3) is 4.99. The summed E-state index contributed by atoms with van der Waals surface area (Å²) in [5.74, 6) is 0.579. The van der Waals surface area contributed by atoms with Gasteiger partial charge >= 0.3 is 0 Å². The minimum Gasteiger partial charge on any atom is -0.489 e. The Morgan fingerprint density at radius 3 is 2.67 bits per heavy atom. The van der Waals surface area contributed by atoms with Gasteiger partial charge in [-0.1, -0.05) is 34.1 Å². The maximum absolute atomic E-state index is 12.9. The number of ether oxygens (including phenoxy) is 1. The van der Waals surface area contributed by atoms with Crippen LogP contribution in [-0.2, 0) is 13.2 Å². The van der Waals surface area contributed by atoms with Gasteiger partial charge in [-0.05, 0) is 35.9 Å². The standard InChI is InChI=1S/C17H17BrFNO/c1-2-9-20-11-14-10-15(18)5-8-17(14)21-12-13-3-6-16(19)7-4-13/h2-8,10,20H,1,9,11-12H2. The first-order valence-corrected chi connectivity index (χ1v) is 7.45. The summed E-state index contributed by atoms with van der Waals surface area (Å²) in [6.07, 6.45) is 1.82. The van der Waals surface area contributed by atoms with Gasteiger partial charge in [0.25, 0.3) is 0 Å². The van der Waals surface area contributed by atoms with E-state index in [-0.39, 0.29) is 5.82 Å². The average Bonchev–Trinajstić information content (AvgIpc) is 2.48. The second-order valence-electron chi connectivity index (χ2n) is 4.59. The summed E-state index contributed by atoms with van der Waals surface area (Å²) in [7, 11) is 0. The van der Waals surface area contributed by atoms with Crippen LogP contribution in [0.1, 0.15) is 11.1 Å². The molecule has 4 heteroatoms. The van der Waals surface area contributed by atoms with Gasteiger partial charge in [-0.15, -0.1) is 6.58 Å². The maximum Gasteiger partial charge on any atom is 0.124 e. The van der Waals surface area contributed by atoms with Crippen LogP contribution in [0.5, 0.6) is 5.75 Å². The van der Waals surface area contributed by atoms with E-state index >= 15 is 0 Å². The summed E-state index contributed by atoms with van der Waals surface area (Å²) in [6.45, 7) is 5.53. The monoisotopic (exact) mass is 349 g/mol. The molecular formula is C17H17BrFNO. The van der Waals surface area contributed by atoms with Crippen LogP contribution >= 0.6 is 15.9 Å². The molecule has 0 fully saturated rings. The van der Waals surface area contributed by atoms with Crippen LogP contribution in [0.25, 0.3) is 0 Å². The lowest BCUT2D eigenvalue weighted by Crippen LogP contribution is -2.13. The van der Waals surface area contributed by atoms with Crippen molar-refractivity contribution in [1.82, 2.24) is 5.32 Å². The predicted octanol–water partition coefficient (Wildman–Crippen LogP) is 4.44. The smallest absolute Gasteiger partial charge is 0.124 e. The Kier molecular flexibility index (Phi) is 5.96. The lowest BCUT2D eigenvalue weighted by atomic mass is 10.2. The molecule has 0 heterocycles. The molecule has 110 valence electrons. The van der Waals surface area contributed by atoms with Crippen molar-refractivity contribution in [2.24, 2.45) is 0 Å². The van der Waals surface area contributed by atoms with Gasteiger partial charge in [-0.25, -0.2) is 4.39 Å². The van der Waals surface area contributed by atoms with E-state index in [1.54, 1.807) is 12.1 Å². The quantitative estimate of drug-likeness (QED) is 0.589. The Hall–Kier alpha value is -1.65. The highest BCUT2D eigenvalue weighted by Gasteiger charge is 2.05. The largest absolute Gasteiger partial charge is 0.489 e. The molecule has 0 unspecified atom stereocenters. The molecule has 0 aromatic heterocycles. The van der Waals surface area contributed by atoms with Gasteiger partial charge in [0.2, 0.25) is 0 Å². The SMILES string of the molecule is C=CCNCc1cc(Br)ccc1OCc1ccc(F)cc1. The average molecular weight is 350 g/mol. The number of benzene rings is 2. The summed E-state index contributed by atoms with van der Waals surface area (Å²) in [4.78, 5) is 0. The van der Waals surface area contributed by atoms with Crippen LogP contribution < -0.4 is 10.1 Å². The lowest BCUT2D eigenvalue weighted by Gasteiger charge is -2.12. The molecule has 0 spiro atoms. The zero-order valence-electron chi connectivity index (χ0n) is 11.6. The molecular weight excluding hydrogens is 333 g/mol. The fraction of sp³-hybridized carbons (Fsp3) is 0.176. The fourth-order valence-corrected chi connectivity index (χ4v) is 2.29. The van der Waals surface area contributed by atoms with Crippen molar-refractivity contribution in [3.63, 3.8) is 0 Å². The van der Waals surface area contributed by atoms with E-state index in [9.17, 15) is 4.39 Å². The molecule has 2 aromatic rings. The van der Waals surface area contributed by atoms with Crippen molar-refractivity contribution in [3.8, 4) is 5.75 Å². The van der Waals surface area contributed by atoms with Crippen LogP contribution in [0.2, 0.25) is 0 Å². The summed E-state index contributed by atoms with van der Waals surface area (Å²) in [5.41, 5.74) is 2.00. The first-order valence-electron chi connectivity index (χ1n) is 6.66. The van der Waals surface area contributed by atoms with Crippen LogP contribution in [0.3, 0.4) is 0 Å². The van der Waals surface area contributed by atoms with Crippen LogP contribution in [0.15, 0.2) is 59.6 Å². The molecule has 21 heavy (non-hydrogen) atoms. The zero-order valence-corrected chi connectivity index (χ0v) is 13.2. The van der Waals surface area contributed by atoms with Gasteiger partial charge in [0.05, 0.1) is 0 Å². The van der Waals surface area contributed by atoms with Gasteiger partial charge in [-0.2, -0.15) is 0 Å². The highest BCUT2D eigenvalue weighted by molar-refractivity contribution is 9.10. The number of rotatable bonds is 7. The van der Waals surface area contributed by atoms with Crippen LogP contribution in [0.4, 0.5) is 4.39 Å². The molecule has 0 atom stereocenters. The molecule has 0 bridgehead atoms. The minimum atomic E-state index is -0.239. The Labute approximate surface area is 132 Å². The minimum absolute atomic E-state index is 0.239. The third-order valence-corrected chi connectivity index (χ3v) is 3.43. The third-order valence-electron chi connectivity index (χ3n) is 2.93. The number of halogens is 2. The molecule has 0 saturated heterocycles. The van der Waals surface area contributed by atoms with Gasteiger partial charge in [-0.3, -0.25) is 0 Å². The molecule has 1 N–H and O–H groups in total. The van der Waals surface area contributed by atoms with E-state index in [4.69, 9.17) is 4.74 Å². The molecule has 2 nitrogen and oxygen atoms in total. The maximum atomic E-state index is 12.9. The summed E-state index contributed by atoms with van der Waals surface area (Å²) < 4.78 is 19.7. The van der Waals surface area contributed by atoms with Gasteiger partial charge in [0.1, 0.15) is 18.2 Å². The van der Waals surface area contributed by atoms with Crippen molar-refractivity contribution >= 4 is 15.9 Å². The second-order valence-corrected chi connectivity index (χ2v) is 5.50. The number of hydrogen-bond acceptors (Lipinski definition) is 2. The Balaban J connectivity index is 2.04.